The topological polar surface area (TPSA) is 70.7 Å². The summed E-state index contributed by atoms with van der Waals surface area (Å²) < 4.78 is 1.74. The third kappa shape index (κ3) is 2.16. The minimum atomic E-state index is -0.837. The van der Waals surface area contributed by atoms with E-state index in [1.54, 1.807) is 10.7 Å². The molecule has 1 heterocycles. The average Bonchev–Trinajstić information content (AvgIpc) is 2.97. The first-order valence-corrected chi connectivity index (χ1v) is 5.96. The van der Waals surface area contributed by atoms with Crippen molar-refractivity contribution >= 4 is 11.7 Å². The first-order chi connectivity index (χ1) is 8.20. The van der Waals surface area contributed by atoms with Crippen LogP contribution in [0.4, 0.5) is 5.82 Å². The predicted molar refractivity (Wildman–Crippen MR) is 63.0 cm³/mol. The number of carbonyl (C=O) groups is 1. The van der Waals surface area contributed by atoms with Crippen molar-refractivity contribution < 1.29 is 4.79 Å². The van der Waals surface area contributed by atoms with E-state index < -0.39 is 5.41 Å². The molecule has 17 heavy (non-hydrogen) atoms. The molecular formula is C12H16N4O. The van der Waals surface area contributed by atoms with Gasteiger partial charge in [-0.3, -0.25) is 9.48 Å². The van der Waals surface area contributed by atoms with Gasteiger partial charge >= 0.3 is 0 Å². The number of hydrogen-bond donors (Lipinski definition) is 1. The quantitative estimate of drug-likeness (QED) is 0.865. The summed E-state index contributed by atoms with van der Waals surface area (Å²) in [4.78, 5) is 12.1. The number of nitriles is 1. The zero-order valence-electron chi connectivity index (χ0n) is 9.94. The van der Waals surface area contributed by atoms with Crippen LogP contribution in [-0.2, 0) is 11.3 Å². The van der Waals surface area contributed by atoms with Gasteiger partial charge in [-0.2, -0.15) is 10.4 Å². The maximum Gasteiger partial charge on any atom is 0.246 e. The van der Waals surface area contributed by atoms with Crippen LogP contribution in [0.2, 0.25) is 0 Å². The molecule has 90 valence electrons. The van der Waals surface area contributed by atoms with Crippen LogP contribution in [0.15, 0.2) is 12.3 Å². The summed E-state index contributed by atoms with van der Waals surface area (Å²) >= 11 is 0. The normalized spacial score (nSPS) is 17.6. The van der Waals surface area contributed by atoms with Crippen LogP contribution in [0, 0.1) is 16.7 Å². The summed E-state index contributed by atoms with van der Waals surface area (Å²) in [5.41, 5.74) is -0.837. The van der Waals surface area contributed by atoms with Crippen molar-refractivity contribution in [3.8, 4) is 6.07 Å². The summed E-state index contributed by atoms with van der Waals surface area (Å²) in [6.07, 6.45) is 5.02. The van der Waals surface area contributed by atoms with E-state index in [1.807, 2.05) is 13.1 Å². The molecule has 0 saturated heterocycles. The van der Waals surface area contributed by atoms with Crippen molar-refractivity contribution in [3.05, 3.63) is 12.3 Å². The minimum Gasteiger partial charge on any atom is -0.308 e. The van der Waals surface area contributed by atoms with Gasteiger partial charge < -0.3 is 5.32 Å². The molecule has 1 aliphatic carbocycles. The molecule has 0 aromatic carbocycles. The van der Waals surface area contributed by atoms with E-state index in [9.17, 15) is 10.1 Å². The number of carbonyl (C=O) groups excluding carboxylic acids is 1. The summed E-state index contributed by atoms with van der Waals surface area (Å²) in [5.74, 6) is 0.317. The molecule has 0 bridgehead atoms. The Kier molecular flexibility index (Phi) is 3.14. The fourth-order valence-electron chi connectivity index (χ4n) is 2.21. The Morgan fingerprint density at radius 2 is 2.35 bits per heavy atom. The van der Waals surface area contributed by atoms with Gasteiger partial charge in [-0.25, -0.2) is 0 Å². The number of aryl methyl sites for hydroxylation is 1. The van der Waals surface area contributed by atoms with Gasteiger partial charge in [0.25, 0.3) is 0 Å². The summed E-state index contributed by atoms with van der Waals surface area (Å²) in [6.45, 7) is 2.74. The second-order valence-corrected chi connectivity index (χ2v) is 4.41. The molecule has 1 saturated carbocycles. The minimum absolute atomic E-state index is 0.209. The molecule has 0 spiro atoms. The van der Waals surface area contributed by atoms with Crippen molar-refractivity contribution in [2.24, 2.45) is 5.41 Å². The van der Waals surface area contributed by atoms with Crippen molar-refractivity contribution in [3.63, 3.8) is 0 Å². The van der Waals surface area contributed by atoms with Gasteiger partial charge in [0.05, 0.1) is 6.07 Å². The molecule has 0 unspecified atom stereocenters. The monoisotopic (exact) mass is 232 g/mol. The Hall–Kier alpha value is -1.83. The highest BCUT2D eigenvalue weighted by Gasteiger charge is 2.41. The van der Waals surface area contributed by atoms with Crippen LogP contribution in [0.5, 0.6) is 0 Å². The second kappa shape index (κ2) is 4.58. The van der Waals surface area contributed by atoms with Crippen LogP contribution in [0.1, 0.15) is 32.6 Å². The number of nitrogens with one attached hydrogen (secondary N) is 1. The molecule has 1 amide bonds. The van der Waals surface area contributed by atoms with E-state index in [2.05, 4.69) is 16.5 Å². The zero-order chi connectivity index (χ0) is 12.3. The standard InChI is InChI=1S/C12H16N4O/c1-2-16-8-5-10(15-16)14-11(17)12(9-13)6-3-4-7-12/h5,8H,2-4,6-7H2,1H3,(H,14,15,17). The van der Waals surface area contributed by atoms with Gasteiger partial charge in [-0.05, 0) is 19.8 Å². The molecule has 1 fully saturated rings. The number of aromatic nitrogens is 2. The molecule has 5 heteroatoms. The van der Waals surface area contributed by atoms with Gasteiger partial charge in [0, 0.05) is 18.8 Å². The van der Waals surface area contributed by atoms with Crippen molar-refractivity contribution in [1.82, 2.24) is 9.78 Å². The average molecular weight is 232 g/mol. The first-order valence-electron chi connectivity index (χ1n) is 5.96. The van der Waals surface area contributed by atoms with Crippen molar-refractivity contribution in [2.45, 2.75) is 39.2 Å². The Labute approximate surface area is 100 Å². The molecule has 0 atom stereocenters. The zero-order valence-corrected chi connectivity index (χ0v) is 9.94. The molecule has 2 rings (SSSR count). The smallest absolute Gasteiger partial charge is 0.246 e. The molecule has 1 aromatic heterocycles. The van der Waals surface area contributed by atoms with E-state index in [-0.39, 0.29) is 5.91 Å². The third-order valence-corrected chi connectivity index (χ3v) is 3.31. The number of rotatable bonds is 3. The largest absolute Gasteiger partial charge is 0.308 e. The first kappa shape index (κ1) is 11.6. The Morgan fingerprint density at radius 1 is 1.65 bits per heavy atom. The van der Waals surface area contributed by atoms with Crippen LogP contribution in [0.3, 0.4) is 0 Å². The Balaban J connectivity index is 2.08. The summed E-state index contributed by atoms with van der Waals surface area (Å²) in [7, 11) is 0. The van der Waals surface area contributed by atoms with Gasteiger partial charge in [-0.1, -0.05) is 12.8 Å². The van der Waals surface area contributed by atoms with Gasteiger partial charge in [0.1, 0.15) is 5.41 Å². The lowest BCUT2D eigenvalue weighted by molar-refractivity contribution is -0.122. The highest BCUT2D eigenvalue weighted by atomic mass is 16.2. The van der Waals surface area contributed by atoms with E-state index in [0.29, 0.717) is 18.7 Å². The van der Waals surface area contributed by atoms with Crippen LogP contribution < -0.4 is 5.32 Å². The van der Waals surface area contributed by atoms with Crippen LogP contribution in [0.25, 0.3) is 0 Å². The van der Waals surface area contributed by atoms with Gasteiger partial charge in [0.2, 0.25) is 5.91 Å². The van der Waals surface area contributed by atoms with Crippen molar-refractivity contribution in [2.75, 3.05) is 5.32 Å². The fourth-order valence-corrected chi connectivity index (χ4v) is 2.21. The molecule has 1 aliphatic rings. The van der Waals surface area contributed by atoms with E-state index in [0.717, 1.165) is 19.4 Å². The predicted octanol–water partition coefficient (Wildman–Crippen LogP) is 1.93. The fraction of sp³-hybridized carbons (Fsp3) is 0.583. The highest BCUT2D eigenvalue weighted by molar-refractivity contribution is 5.96. The van der Waals surface area contributed by atoms with Crippen LogP contribution in [-0.4, -0.2) is 15.7 Å². The summed E-state index contributed by atoms with van der Waals surface area (Å²) in [5, 5.41) is 16.1. The number of anilines is 1. The molecule has 5 nitrogen and oxygen atoms in total. The van der Waals surface area contributed by atoms with E-state index in [4.69, 9.17) is 0 Å². The molecule has 1 aromatic rings. The SMILES string of the molecule is CCn1ccc(NC(=O)C2(C#N)CCCC2)n1. The van der Waals surface area contributed by atoms with Gasteiger partial charge in [-0.15, -0.1) is 0 Å². The Morgan fingerprint density at radius 3 is 2.88 bits per heavy atom. The lowest BCUT2D eigenvalue weighted by Gasteiger charge is -2.17. The lowest BCUT2D eigenvalue weighted by Crippen LogP contribution is -2.32. The molecule has 1 N–H and O–H groups in total. The van der Waals surface area contributed by atoms with Crippen LogP contribution >= 0.6 is 0 Å². The Bertz CT molecular complexity index is 451. The maximum atomic E-state index is 12.1. The maximum absolute atomic E-state index is 12.1. The molecule has 0 radical (unpaired) electrons. The lowest BCUT2D eigenvalue weighted by atomic mass is 9.87. The van der Waals surface area contributed by atoms with E-state index >= 15 is 0 Å². The third-order valence-electron chi connectivity index (χ3n) is 3.31. The second-order valence-electron chi connectivity index (χ2n) is 4.41. The number of amides is 1. The summed E-state index contributed by atoms with van der Waals surface area (Å²) in [6, 6.07) is 3.92. The van der Waals surface area contributed by atoms with E-state index in [1.165, 1.54) is 0 Å². The van der Waals surface area contributed by atoms with Gasteiger partial charge in [0.15, 0.2) is 5.82 Å². The molecular weight excluding hydrogens is 216 g/mol. The van der Waals surface area contributed by atoms with Crippen molar-refractivity contribution in [1.29, 1.82) is 5.26 Å². The molecule has 0 aliphatic heterocycles. The number of hydrogen-bond acceptors (Lipinski definition) is 3. The number of nitrogens with zero attached hydrogens (tertiary/aromatic N) is 3. The highest BCUT2D eigenvalue weighted by Crippen LogP contribution is 2.38.